The third kappa shape index (κ3) is 10.0. The summed E-state index contributed by atoms with van der Waals surface area (Å²) in [6, 6.07) is 16.2. The van der Waals surface area contributed by atoms with Crippen molar-refractivity contribution in [2.75, 3.05) is 19.0 Å². The Kier molecular flexibility index (Phi) is 14.8. The topological polar surface area (TPSA) is 175 Å². The van der Waals surface area contributed by atoms with Crippen LogP contribution in [0.15, 0.2) is 75.8 Å². The maximum Gasteiger partial charge on any atom is 1.00 e. The number of phosphoric ester groups is 1. The molecule has 202 valence electrons. The second kappa shape index (κ2) is 16.8. The third-order valence-corrected chi connectivity index (χ3v) is 8.36. The molecule has 2 heterocycles. The summed E-state index contributed by atoms with van der Waals surface area (Å²) in [5, 5.41) is 26.5. The number of phosphoric acid groups is 1. The second-order valence-electron chi connectivity index (χ2n) is 8.04. The Hall–Kier alpha value is -0.970. The number of aliphatic imine (C=N–C) groups is 1. The van der Waals surface area contributed by atoms with Crippen molar-refractivity contribution in [2.24, 2.45) is 10.7 Å². The summed E-state index contributed by atoms with van der Waals surface area (Å²) >= 11 is 8.96. The number of hydrogen-bond donors (Lipinski definition) is 3. The van der Waals surface area contributed by atoms with Gasteiger partial charge in [-0.15, -0.1) is 29.2 Å². The molecule has 0 spiro atoms. The van der Waals surface area contributed by atoms with Gasteiger partial charge in [-0.1, -0.05) is 41.4 Å². The van der Waals surface area contributed by atoms with Gasteiger partial charge in [-0.2, -0.15) is 5.26 Å². The molecule has 4 rings (SSSR count). The summed E-state index contributed by atoms with van der Waals surface area (Å²) in [5.74, 6) is 3.16. The summed E-state index contributed by atoms with van der Waals surface area (Å²) in [6.07, 6.45) is 0. The second-order valence-corrected chi connectivity index (χ2v) is 11.7. The van der Waals surface area contributed by atoms with Crippen LogP contribution >= 0.6 is 42.9 Å². The van der Waals surface area contributed by atoms with Crippen LogP contribution in [-0.4, -0.2) is 45.8 Å². The number of dihydropyridines is 1. The molecule has 0 saturated heterocycles. The number of ether oxygens (including phenoxy) is 1. The van der Waals surface area contributed by atoms with E-state index in [2.05, 4.69) is 21.5 Å². The van der Waals surface area contributed by atoms with E-state index >= 15 is 0 Å². The van der Waals surface area contributed by atoms with Gasteiger partial charge in [-0.25, -0.2) is 9.56 Å². The van der Waals surface area contributed by atoms with Gasteiger partial charge in [0.1, 0.15) is 35.2 Å². The predicted molar refractivity (Wildman–Crippen MR) is 155 cm³/mol. The zero-order chi connectivity index (χ0) is 28.0. The van der Waals surface area contributed by atoms with E-state index in [0.29, 0.717) is 33.2 Å². The van der Waals surface area contributed by atoms with Gasteiger partial charge in [0.25, 0.3) is 0 Å². The molecule has 2 aliphatic rings. The maximum atomic E-state index is 10.8. The zero-order valence-electron chi connectivity index (χ0n) is 22.1. The van der Waals surface area contributed by atoms with Crippen LogP contribution in [0.1, 0.15) is 16.5 Å². The van der Waals surface area contributed by atoms with Crippen molar-refractivity contribution in [3.63, 3.8) is 0 Å². The third-order valence-electron chi connectivity index (χ3n) is 5.43. The molecule has 41 heavy (non-hydrogen) atoms. The van der Waals surface area contributed by atoms with Gasteiger partial charge in [-0.05, 0) is 40.6 Å². The van der Waals surface area contributed by atoms with Crippen LogP contribution in [0.3, 0.4) is 0 Å². The van der Waals surface area contributed by atoms with Gasteiger partial charge in [0.05, 0.1) is 6.61 Å². The fourth-order valence-electron chi connectivity index (χ4n) is 3.69. The van der Waals surface area contributed by atoms with Crippen LogP contribution in [0.5, 0.6) is 5.75 Å². The Morgan fingerprint density at radius 1 is 1.17 bits per heavy atom. The van der Waals surface area contributed by atoms with Crippen molar-refractivity contribution < 1.29 is 82.7 Å². The molecule has 2 aliphatic heterocycles. The molecule has 0 radical (unpaired) electrons. The van der Waals surface area contributed by atoms with Gasteiger partial charge in [-0.3, -0.25) is 10.4 Å². The first-order chi connectivity index (χ1) is 18.7. The van der Waals surface area contributed by atoms with Crippen molar-refractivity contribution in [1.29, 1.82) is 5.26 Å². The number of rotatable bonds is 10. The zero-order valence-corrected chi connectivity index (χ0v) is 29.4. The van der Waals surface area contributed by atoms with Crippen LogP contribution in [0.25, 0.3) is 16.3 Å². The van der Waals surface area contributed by atoms with E-state index in [1.54, 1.807) is 36.0 Å². The predicted octanol–water partition coefficient (Wildman–Crippen LogP) is -0.630. The van der Waals surface area contributed by atoms with Gasteiger partial charge in [0, 0.05) is 21.9 Å². The first-order valence-electron chi connectivity index (χ1n) is 11.3. The molecular formula is C25H21ClN5Na2O5PS2. The standard InChI is InChI=1S/C25H21ClN5O5PS2.2Na/c26-17-5-1-16(2-6-17)24-30-18(13-38-24)14-39-25-21(12-28)22(20(11-27)23(29)31-25)15-3-7-19(8-4-15)35-9-10-36-37(32,33)34;;/h1-8,13,24-25H,9-10,14H2,(H2,29,31)(H2,32,33,34);;/q-2;2*+1. The largest absolute Gasteiger partial charge is 1.00 e. The van der Waals surface area contributed by atoms with Gasteiger partial charge < -0.3 is 31.0 Å². The first kappa shape index (κ1) is 36.2. The Morgan fingerprint density at radius 3 is 2.46 bits per heavy atom. The fraction of sp³-hybridized carbons (Fsp3) is 0.200. The van der Waals surface area contributed by atoms with Crippen LogP contribution in [0.2, 0.25) is 5.02 Å². The molecular weight excluding hydrogens is 627 g/mol. The van der Waals surface area contributed by atoms with Crippen molar-refractivity contribution in [2.45, 2.75) is 10.7 Å². The monoisotopic (exact) mass is 647 g/mol. The van der Waals surface area contributed by atoms with E-state index in [0.717, 1.165) is 11.3 Å². The minimum absolute atomic E-state index is 0. The quantitative estimate of drug-likeness (QED) is 0.131. The molecule has 2 aromatic rings. The molecule has 0 aliphatic carbocycles. The Balaban J connectivity index is 0.00000294. The van der Waals surface area contributed by atoms with E-state index < -0.39 is 13.2 Å². The average Bonchev–Trinajstić information content (AvgIpc) is 3.39. The van der Waals surface area contributed by atoms with Crippen LogP contribution in [-0.2, 0) is 9.09 Å². The number of nitrogens with two attached hydrogens (primary N) is 1. The summed E-state index contributed by atoms with van der Waals surface area (Å²) < 4.78 is 20.6. The van der Waals surface area contributed by atoms with Crippen LogP contribution < -0.4 is 69.6 Å². The van der Waals surface area contributed by atoms with E-state index in [1.807, 2.05) is 29.7 Å². The number of nitriles is 1. The SMILES string of the molecule is N#CC1=C(c2ccc(OCCOP(=O)(O)O)cc2)C(=C=[N-])C(SCC2=CSC(c3ccc(Cl)cc3)[N-]2)N=C1N.[Na+].[Na+]. The molecule has 2 atom stereocenters. The summed E-state index contributed by atoms with van der Waals surface area (Å²) in [7, 11) is -4.57. The van der Waals surface area contributed by atoms with Crippen molar-refractivity contribution in [3.05, 3.63) is 97.7 Å². The average molecular weight is 648 g/mol. The normalized spacial score (nSPS) is 18.1. The van der Waals surface area contributed by atoms with E-state index in [4.69, 9.17) is 37.2 Å². The van der Waals surface area contributed by atoms with Crippen LogP contribution in [0.4, 0.5) is 0 Å². The van der Waals surface area contributed by atoms with Crippen molar-refractivity contribution >= 4 is 60.2 Å². The number of halogens is 1. The summed E-state index contributed by atoms with van der Waals surface area (Å²) in [5.41, 5.74) is 9.42. The Morgan fingerprint density at radius 2 is 1.85 bits per heavy atom. The summed E-state index contributed by atoms with van der Waals surface area (Å²) in [6.45, 7) is -0.377. The number of amidine groups is 1. The first-order valence-corrected chi connectivity index (χ1v) is 15.2. The molecule has 4 N–H and O–H groups in total. The molecule has 0 fully saturated rings. The molecule has 0 aromatic heterocycles. The number of thioether (sulfide) groups is 2. The van der Waals surface area contributed by atoms with Gasteiger partial charge in [0.2, 0.25) is 0 Å². The van der Waals surface area contributed by atoms with E-state index in [-0.39, 0.29) is 89.1 Å². The fourth-order valence-corrected chi connectivity index (χ4v) is 6.19. The van der Waals surface area contributed by atoms with Crippen LogP contribution in [0, 0.1) is 11.3 Å². The minimum atomic E-state index is -4.57. The molecule has 0 amide bonds. The van der Waals surface area contributed by atoms with Crippen molar-refractivity contribution in [1.82, 2.24) is 0 Å². The maximum absolute atomic E-state index is 10.8. The minimum Gasteiger partial charge on any atom is -0.763 e. The molecule has 0 saturated carbocycles. The molecule has 2 unspecified atom stereocenters. The number of nitrogens with zero attached hydrogens (tertiary/aromatic N) is 4. The number of benzene rings is 2. The molecule has 16 heteroatoms. The Labute approximate surface area is 295 Å². The van der Waals surface area contributed by atoms with E-state index in [1.165, 1.54) is 11.8 Å². The summed E-state index contributed by atoms with van der Waals surface area (Å²) in [4.78, 5) is 21.9. The Bertz CT molecular complexity index is 1470. The number of hydrogen-bond acceptors (Lipinski definition) is 8. The molecule has 2 aromatic carbocycles. The van der Waals surface area contributed by atoms with Gasteiger partial charge >= 0.3 is 66.9 Å². The molecule has 10 nitrogen and oxygen atoms in total. The van der Waals surface area contributed by atoms with E-state index in [9.17, 15) is 15.2 Å². The van der Waals surface area contributed by atoms with Crippen molar-refractivity contribution in [3.8, 4) is 11.8 Å². The molecule has 0 bridgehead atoms. The van der Waals surface area contributed by atoms with Gasteiger partial charge in [0.15, 0.2) is 0 Å². The smallest absolute Gasteiger partial charge is 0.763 e.